The molecule has 0 saturated carbocycles. The fourth-order valence-corrected chi connectivity index (χ4v) is 2.70. The molecule has 0 aromatic heterocycles. The first-order valence-electron chi connectivity index (χ1n) is 6.61. The Morgan fingerprint density at radius 2 is 2.20 bits per heavy atom. The van der Waals surface area contributed by atoms with E-state index in [4.69, 9.17) is 4.74 Å². The van der Waals surface area contributed by atoms with Gasteiger partial charge in [0.25, 0.3) is 0 Å². The van der Waals surface area contributed by atoms with Gasteiger partial charge in [-0.2, -0.15) is 0 Å². The maximum atomic E-state index is 11.0. The van der Waals surface area contributed by atoms with E-state index in [0.717, 1.165) is 16.7 Å². The summed E-state index contributed by atoms with van der Waals surface area (Å²) in [6.45, 7) is 5.46. The molecular weight excluding hydrogens is 258 g/mol. The van der Waals surface area contributed by atoms with Gasteiger partial charge < -0.3 is 9.84 Å². The van der Waals surface area contributed by atoms with Gasteiger partial charge in [-0.25, -0.2) is 0 Å². The van der Waals surface area contributed by atoms with Crippen molar-refractivity contribution >= 4 is 0 Å². The van der Waals surface area contributed by atoms with Crippen molar-refractivity contribution in [2.45, 2.75) is 33.0 Å². The van der Waals surface area contributed by atoms with Crippen LogP contribution in [0.5, 0.6) is 5.75 Å². The van der Waals surface area contributed by atoms with Gasteiger partial charge in [-0.05, 0) is 26.3 Å². The number of benzene rings is 1. The highest BCUT2D eigenvalue weighted by molar-refractivity contribution is 5.45. The Hall–Kier alpha value is -1.88. The minimum Gasteiger partial charge on any atom is -0.464 e. The number of rotatable bonds is 3. The average Bonchev–Trinajstić information content (AvgIpc) is 2.34. The van der Waals surface area contributed by atoms with Crippen molar-refractivity contribution in [3.05, 3.63) is 51.1 Å². The van der Waals surface area contributed by atoms with E-state index >= 15 is 0 Å². The molecular formula is C15H19NO4. The topological polar surface area (TPSA) is 72.6 Å². The molecule has 20 heavy (non-hydrogen) atoms. The Labute approximate surface area is 118 Å². The Morgan fingerprint density at radius 1 is 1.50 bits per heavy atom. The van der Waals surface area contributed by atoms with Crippen LogP contribution in [0.1, 0.15) is 30.9 Å². The Kier molecular flexibility index (Phi) is 4.09. The molecule has 1 aromatic carbocycles. The van der Waals surface area contributed by atoms with Crippen molar-refractivity contribution in [2.75, 3.05) is 6.54 Å². The molecule has 0 aliphatic carbocycles. The summed E-state index contributed by atoms with van der Waals surface area (Å²) in [5.74, 6) is -0.205. The van der Waals surface area contributed by atoms with E-state index in [1.807, 2.05) is 45.0 Å². The molecule has 1 heterocycles. The van der Waals surface area contributed by atoms with Gasteiger partial charge in [-0.15, -0.1) is 0 Å². The first-order valence-corrected chi connectivity index (χ1v) is 6.61. The molecule has 1 unspecified atom stereocenters. The van der Waals surface area contributed by atoms with Crippen molar-refractivity contribution in [1.29, 1.82) is 0 Å². The molecule has 2 rings (SSSR count). The summed E-state index contributed by atoms with van der Waals surface area (Å²) in [5.41, 5.74) is 2.68. The first kappa shape index (κ1) is 14.5. The maximum Gasteiger partial charge on any atom is 0.211 e. The minimum absolute atomic E-state index is 0.217. The van der Waals surface area contributed by atoms with Crippen LogP contribution in [0.4, 0.5) is 0 Å². The highest BCUT2D eigenvalue weighted by atomic mass is 16.6. The predicted octanol–water partition coefficient (Wildman–Crippen LogP) is 2.65. The molecule has 0 spiro atoms. The zero-order valence-corrected chi connectivity index (χ0v) is 11.9. The minimum atomic E-state index is -1.05. The second-order valence-corrected chi connectivity index (χ2v) is 5.44. The van der Waals surface area contributed by atoms with Gasteiger partial charge in [0.05, 0.1) is 11.8 Å². The molecule has 5 heteroatoms. The summed E-state index contributed by atoms with van der Waals surface area (Å²) in [6, 6.07) is 5.58. The summed E-state index contributed by atoms with van der Waals surface area (Å²) in [4.78, 5) is 10.6. The Balaban J connectivity index is 2.51. The van der Waals surface area contributed by atoms with E-state index < -0.39 is 12.2 Å². The molecule has 3 atom stereocenters. The summed E-state index contributed by atoms with van der Waals surface area (Å²) in [6.07, 6.45) is 0.799. The number of nitro groups is 1. The van der Waals surface area contributed by atoms with E-state index in [9.17, 15) is 15.2 Å². The van der Waals surface area contributed by atoms with Crippen LogP contribution in [0.15, 0.2) is 29.8 Å². The molecule has 5 nitrogen and oxygen atoms in total. The molecule has 0 saturated heterocycles. The van der Waals surface area contributed by atoms with Crippen LogP contribution in [0.2, 0.25) is 0 Å². The van der Waals surface area contributed by atoms with Crippen molar-refractivity contribution < 1.29 is 14.8 Å². The fraction of sp³-hybridized carbons (Fsp3) is 0.467. The van der Waals surface area contributed by atoms with Gasteiger partial charge in [0.15, 0.2) is 0 Å². The maximum absolute atomic E-state index is 11.0. The SMILES string of the molecule is CC(C)=C[C@@H]1C(O)Oc2c(C)cccc2[C@@H]1C[N+](=O)[O-]. The number of hydrogen-bond acceptors (Lipinski definition) is 4. The number of ether oxygens (including phenoxy) is 1. The lowest BCUT2D eigenvalue weighted by molar-refractivity contribution is -0.485. The van der Waals surface area contributed by atoms with Crippen LogP contribution >= 0.6 is 0 Å². The van der Waals surface area contributed by atoms with E-state index in [1.165, 1.54) is 0 Å². The number of nitrogens with zero attached hydrogens (tertiary/aromatic N) is 1. The van der Waals surface area contributed by atoms with Crippen LogP contribution in [-0.4, -0.2) is 22.9 Å². The number of para-hydroxylation sites is 1. The van der Waals surface area contributed by atoms with Gasteiger partial charge in [0, 0.05) is 10.5 Å². The second kappa shape index (κ2) is 5.63. The standard InChI is InChI=1S/C15H19NO4/c1-9(2)7-12-13(8-16(18)19)11-6-4-5-10(3)14(11)20-15(12)17/h4-7,12-13,15,17H,8H2,1-3H3/t12-,13-,15?/m0/s1. The molecule has 0 amide bonds. The summed E-state index contributed by atoms with van der Waals surface area (Å²) >= 11 is 0. The first-order chi connectivity index (χ1) is 9.40. The Bertz CT molecular complexity index is 549. The number of hydrogen-bond donors (Lipinski definition) is 1. The number of allylic oxidation sites excluding steroid dienone is 1. The van der Waals surface area contributed by atoms with Gasteiger partial charge >= 0.3 is 0 Å². The number of aliphatic hydroxyl groups is 1. The van der Waals surface area contributed by atoms with Crippen molar-refractivity contribution in [1.82, 2.24) is 0 Å². The molecule has 0 radical (unpaired) electrons. The third kappa shape index (κ3) is 2.82. The normalized spacial score (nSPS) is 24.5. The third-order valence-corrected chi connectivity index (χ3v) is 3.55. The third-order valence-electron chi connectivity index (χ3n) is 3.55. The van der Waals surface area contributed by atoms with E-state index in [1.54, 1.807) is 0 Å². The smallest absolute Gasteiger partial charge is 0.211 e. The number of aryl methyl sites for hydroxylation is 1. The molecule has 1 aliphatic heterocycles. The van der Waals surface area contributed by atoms with Crippen LogP contribution in [0.25, 0.3) is 0 Å². The zero-order valence-electron chi connectivity index (χ0n) is 11.9. The van der Waals surface area contributed by atoms with E-state index in [2.05, 4.69) is 0 Å². The fourth-order valence-electron chi connectivity index (χ4n) is 2.70. The van der Waals surface area contributed by atoms with Crippen LogP contribution in [0.3, 0.4) is 0 Å². The Morgan fingerprint density at radius 3 is 2.80 bits per heavy atom. The number of aliphatic hydroxyl groups excluding tert-OH is 1. The second-order valence-electron chi connectivity index (χ2n) is 5.44. The molecule has 0 bridgehead atoms. The van der Waals surface area contributed by atoms with Crippen molar-refractivity contribution in [3.8, 4) is 5.75 Å². The highest BCUT2D eigenvalue weighted by Gasteiger charge is 2.39. The number of fused-ring (bicyclic) bond motifs is 1. The molecule has 1 N–H and O–H groups in total. The lowest BCUT2D eigenvalue weighted by Gasteiger charge is -2.34. The zero-order chi connectivity index (χ0) is 14.9. The molecule has 1 aliphatic rings. The monoisotopic (exact) mass is 277 g/mol. The van der Waals surface area contributed by atoms with E-state index in [-0.39, 0.29) is 17.4 Å². The molecule has 0 fully saturated rings. The van der Waals surface area contributed by atoms with Crippen LogP contribution in [-0.2, 0) is 0 Å². The lowest BCUT2D eigenvalue weighted by atomic mass is 9.81. The van der Waals surface area contributed by atoms with Crippen molar-refractivity contribution in [2.24, 2.45) is 5.92 Å². The van der Waals surface area contributed by atoms with Gasteiger partial charge in [-0.1, -0.05) is 29.8 Å². The summed E-state index contributed by atoms with van der Waals surface area (Å²) < 4.78 is 5.58. The van der Waals surface area contributed by atoms with Crippen molar-refractivity contribution in [3.63, 3.8) is 0 Å². The summed E-state index contributed by atoms with van der Waals surface area (Å²) in [7, 11) is 0. The lowest BCUT2D eigenvalue weighted by Crippen LogP contribution is -2.38. The summed E-state index contributed by atoms with van der Waals surface area (Å²) in [5, 5.41) is 21.1. The van der Waals surface area contributed by atoms with Gasteiger partial charge in [-0.3, -0.25) is 10.1 Å². The largest absolute Gasteiger partial charge is 0.464 e. The highest BCUT2D eigenvalue weighted by Crippen LogP contribution is 2.42. The molecule has 108 valence electrons. The van der Waals surface area contributed by atoms with Gasteiger partial charge in [0.1, 0.15) is 5.75 Å². The average molecular weight is 277 g/mol. The van der Waals surface area contributed by atoms with Crippen LogP contribution in [0, 0.1) is 23.0 Å². The van der Waals surface area contributed by atoms with Gasteiger partial charge in [0.2, 0.25) is 12.8 Å². The molecule has 1 aromatic rings. The quantitative estimate of drug-likeness (QED) is 0.523. The van der Waals surface area contributed by atoms with Crippen LogP contribution < -0.4 is 4.74 Å². The van der Waals surface area contributed by atoms with E-state index in [0.29, 0.717) is 5.75 Å². The predicted molar refractivity (Wildman–Crippen MR) is 75.3 cm³/mol.